The zero-order valence-electron chi connectivity index (χ0n) is 16.6. The Labute approximate surface area is 169 Å². The lowest BCUT2D eigenvalue weighted by Gasteiger charge is -2.18. The van der Waals surface area contributed by atoms with Gasteiger partial charge in [-0.1, -0.05) is 31.0 Å². The molecule has 1 aromatic carbocycles. The summed E-state index contributed by atoms with van der Waals surface area (Å²) in [6.07, 6.45) is 2.69. The molecular weight excluding hydrogens is 378 g/mol. The molecule has 9 nitrogen and oxygen atoms in total. The molecule has 2 atom stereocenters. The number of hydrogen-bond acceptors (Lipinski definition) is 6. The van der Waals surface area contributed by atoms with Gasteiger partial charge in [-0.2, -0.15) is 0 Å². The van der Waals surface area contributed by atoms with Crippen LogP contribution in [0.15, 0.2) is 30.3 Å². The normalized spacial score (nSPS) is 15.7. The van der Waals surface area contributed by atoms with Crippen LogP contribution in [0, 0.1) is 0 Å². The van der Waals surface area contributed by atoms with Crippen LogP contribution in [0.25, 0.3) is 0 Å². The first kappa shape index (κ1) is 22.2. The van der Waals surface area contributed by atoms with E-state index in [2.05, 4.69) is 16.0 Å². The standard InChI is InChI=1S/C20H27N3O6/c1-13(21-17(24)12-28-16-10-4-3-5-11-16)19(26)29-14(2)18(25)23-20(27)22-15-8-6-7-9-15/h3-5,10-11,13-15H,6-9,12H2,1-2H3,(H,21,24)(H2,22,23,25,27)/t13-,14-/m0/s1. The van der Waals surface area contributed by atoms with E-state index in [1.807, 2.05) is 6.07 Å². The molecule has 1 saturated carbocycles. The highest BCUT2D eigenvalue weighted by molar-refractivity contribution is 5.97. The Bertz CT molecular complexity index is 718. The number of ether oxygens (including phenoxy) is 2. The molecule has 0 unspecified atom stereocenters. The lowest BCUT2D eigenvalue weighted by molar-refractivity contribution is -0.157. The molecule has 4 amide bonds. The van der Waals surface area contributed by atoms with Crippen LogP contribution in [0.1, 0.15) is 39.5 Å². The monoisotopic (exact) mass is 405 g/mol. The molecule has 1 fully saturated rings. The van der Waals surface area contributed by atoms with E-state index in [9.17, 15) is 19.2 Å². The lowest BCUT2D eigenvalue weighted by atomic mass is 10.2. The smallest absolute Gasteiger partial charge is 0.329 e. The minimum atomic E-state index is -1.18. The van der Waals surface area contributed by atoms with Gasteiger partial charge in [0.05, 0.1) is 0 Å². The molecule has 1 aliphatic rings. The summed E-state index contributed by atoms with van der Waals surface area (Å²) in [6, 6.07) is 7.24. The predicted octanol–water partition coefficient (Wildman–Crippen LogP) is 1.27. The molecule has 1 aliphatic carbocycles. The van der Waals surface area contributed by atoms with E-state index < -0.39 is 36.0 Å². The Morgan fingerprint density at radius 1 is 1.07 bits per heavy atom. The second kappa shape index (κ2) is 11.0. The summed E-state index contributed by atoms with van der Waals surface area (Å²) in [5.74, 6) is -1.51. The zero-order chi connectivity index (χ0) is 21.2. The number of hydrogen-bond donors (Lipinski definition) is 3. The third kappa shape index (κ3) is 7.81. The van der Waals surface area contributed by atoms with Gasteiger partial charge in [0.1, 0.15) is 11.8 Å². The number of benzene rings is 1. The lowest BCUT2D eigenvalue weighted by Crippen LogP contribution is -2.49. The molecule has 158 valence electrons. The number of esters is 1. The first-order valence-electron chi connectivity index (χ1n) is 9.64. The first-order valence-corrected chi connectivity index (χ1v) is 9.64. The summed E-state index contributed by atoms with van der Waals surface area (Å²) in [5, 5.41) is 7.30. The van der Waals surface area contributed by atoms with Crippen molar-refractivity contribution in [3.05, 3.63) is 30.3 Å². The van der Waals surface area contributed by atoms with Gasteiger partial charge in [0.15, 0.2) is 12.7 Å². The van der Waals surface area contributed by atoms with Crippen LogP contribution in [0.3, 0.4) is 0 Å². The maximum Gasteiger partial charge on any atom is 0.329 e. The Morgan fingerprint density at radius 2 is 1.72 bits per heavy atom. The van der Waals surface area contributed by atoms with Gasteiger partial charge in [-0.05, 0) is 38.8 Å². The second-order valence-electron chi connectivity index (χ2n) is 6.91. The molecule has 0 radical (unpaired) electrons. The minimum absolute atomic E-state index is 0.0639. The highest BCUT2D eigenvalue weighted by Crippen LogP contribution is 2.17. The van der Waals surface area contributed by atoms with E-state index in [4.69, 9.17) is 9.47 Å². The fourth-order valence-electron chi connectivity index (χ4n) is 2.84. The fraction of sp³-hybridized carbons (Fsp3) is 0.500. The average molecular weight is 405 g/mol. The molecule has 9 heteroatoms. The Morgan fingerprint density at radius 3 is 2.38 bits per heavy atom. The van der Waals surface area contributed by atoms with Crippen LogP contribution in [-0.4, -0.2) is 48.6 Å². The van der Waals surface area contributed by atoms with E-state index in [1.165, 1.54) is 13.8 Å². The summed E-state index contributed by atoms with van der Waals surface area (Å²) >= 11 is 0. The maximum atomic E-state index is 12.1. The summed E-state index contributed by atoms with van der Waals surface area (Å²) < 4.78 is 10.3. The quantitative estimate of drug-likeness (QED) is 0.560. The van der Waals surface area contributed by atoms with E-state index in [0.29, 0.717) is 5.75 Å². The molecular formula is C20H27N3O6. The molecule has 0 aromatic heterocycles. The molecule has 0 heterocycles. The summed E-state index contributed by atoms with van der Waals surface area (Å²) in [7, 11) is 0. The summed E-state index contributed by atoms with van der Waals surface area (Å²) in [6.45, 7) is 2.52. The van der Waals surface area contributed by atoms with Crippen molar-refractivity contribution in [3.8, 4) is 5.75 Å². The first-order chi connectivity index (χ1) is 13.8. The van der Waals surface area contributed by atoms with Crippen molar-refractivity contribution < 1.29 is 28.7 Å². The molecule has 0 spiro atoms. The van der Waals surface area contributed by atoms with Gasteiger partial charge in [0.25, 0.3) is 11.8 Å². The number of nitrogens with one attached hydrogen (secondary N) is 3. The van der Waals surface area contributed by atoms with Gasteiger partial charge in [0, 0.05) is 6.04 Å². The zero-order valence-corrected chi connectivity index (χ0v) is 16.6. The van der Waals surface area contributed by atoms with Gasteiger partial charge in [-0.25, -0.2) is 9.59 Å². The van der Waals surface area contributed by atoms with E-state index >= 15 is 0 Å². The SMILES string of the molecule is C[C@H](NC(=O)COc1ccccc1)C(=O)O[C@@H](C)C(=O)NC(=O)NC1CCCC1. The van der Waals surface area contributed by atoms with Crippen molar-refractivity contribution in [2.45, 2.75) is 57.7 Å². The molecule has 0 bridgehead atoms. The number of imide groups is 1. The van der Waals surface area contributed by atoms with Crippen molar-refractivity contribution in [3.63, 3.8) is 0 Å². The Kier molecular flexibility index (Phi) is 8.45. The van der Waals surface area contributed by atoms with Crippen LogP contribution in [0.2, 0.25) is 0 Å². The third-order valence-corrected chi connectivity index (χ3v) is 4.43. The van der Waals surface area contributed by atoms with E-state index in [0.717, 1.165) is 25.7 Å². The van der Waals surface area contributed by atoms with Crippen molar-refractivity contribution >= 4 is 23.8 Å². The van der Waals surface area contributed by atoms with Gasteiger partial charge in [-0.15, -0.1) is 0 Å². The number of rotatable bonds is 8. The van der Waals surface area contributed by atoms with Crippen molar-refractivity contribution in [2.75, 3.05) is 6.61 Å². The van der Waals surface area contributed by atoms with Crippen LogP contribution in [-0.2, 0) is 19.1 Å². The molecule has 1 aromatic rings. The van der Waals surface area contributed by atoms with Crippen molar-refractivity contribution in [1.29, 1.82) is 0 Å². The average Bonchev–Trinajstić information content (AvgIpc) is 3.19. The molecule has 3 N–H and O–H groups in total. The highest BCUT2D eigenvalue weighted by atomic mass is 16.5. The number of urea groups is 1. The second-order valence-corrected chi connectivity index (χ2v) is 6.91. The fourth-order valence-corrected chi connectivity index (χ4v) is 2.84. The van der Waals surface area contributed by atoms with Gasteiger partial charge in [0.2, 0.25) is 0 Å². The molecule has 29 heavy (non-hydrogen) atoms. The Balaban J connectivity index is 1.69. The van der Waals surface area contributed by atoms with E-state index in [1.54, 1.807) is 24.3 Å². The van der Waals surface area contributed by atoms with Crippen LogP contribution in [0.4, 0.5) is 4.79 Å². The number of carbonyl (C=O) groups is 4. The molecule has 2 rings (SSSR count). The van der Waals surface area contributed by atoms with Gasteiger partial charge < -0.3 is 20.1 Å². The summed E-state index contributed by atoms with van der Waals surface area (Å²) in [4.78, 5) is 47.8. The largest absolute Gasteiger partial charge is 0.484 e. The van der Waals surface area contributed by atoms with Crippen LogP contribution < -0.4 is 20.7 Å². The number of carbonyl (C=O) groups excluding carboxylic acids is 4. The van der Waals surface area contributed by atoms with Crippen molar-refractivity contribution in [2.24, 2.45) is 0 Å². The maximum absolute atomic E-state index is 12.1. The highest BCUT2D eigenvalue weighted by Gasteiger charge is 2.25. The summed E-state index contributed by atoms with van der Waals surface area (Å²) in [5.41, 5.74) is 0. The Hall–Kier alpha value is -3.10. The van der Waals surface area contributed by atoms with E-state index in [-0.39, 0.29) is 12.6 Å². The van der Waals surface area contributed by atoms with Crippen molar-refractivity contribution in [1.82, 2.24) is 16.0 Å². The minimum Gasteiger partial charge on any atom is -0.484 e. The van der Waals surface area contributed by atoms with Gasteiger partial charge in [-0.3, -0.25) is 14.9 Å². The topological polar surface area (TPSA) is 123 Å². The predicted molar refractivity (Wildman–Crippen MR) is 104 cm³/mol. The third-order valence-electron chi connectivity index (χ3n) is 4.43. The molecule has 0 aliphatic heterocycles. The number of amides is 4. The van der Waals surface area contributed by atoms with Crippen LogP contribution >= 0.6 is 0 Å². The molecule has 0 saturated heterocycles. The number of para-hydroxylation sites is 1. The van der Waals surface area contributed by atoms with Crippen LogP contribution in [0.5, 0.6) is 5.75 Å². The van der Waals surface area contributed by atoms with Gasteiger partial charge >= 0.3 is 12.0 Å².